The fourth-order valence-electron chi connectivity index (χ4n) is 4.10. The molecular formula is C25H22FN7S. The first-order valence-corrected chi connectivity index (χ1v) is 11.1. The van der Waals surface area contributed by atoms with Crippen LogP contribution in [0.4, 0.5) is 4.39 Å². The summed E-state index contributed by atoms with van der Waals surface area (Å²) < 4.78 is 16.4. The summed E-state index contributed by atoms with van der Waals surface area (Å²) in [4.78, 5) is 15.8. The largest absolute Gasteiger partial charge is 0.379 e. The van der Waals surface area contributed by atoms with Gasteiger partial charge in [-0.25, -0.2) is 14.4 Å². The number of nitrogens with one attached hydrogen (secondary N) is 1. The average Bonchev–Trinajstić information content (AvgIpc) is 3.26. The van der Waals surface area contributed by atoms with Crippen LogP contribution in [0.15, 0.2) is 67.1 Å². The molecule has 0 bridgehead atoms. The number of rotatable bonds is 5. The third kappa shape index (κ3) is 3.89. The summed E-state index contributed by atoms with van der Waals surface area (Å²) in [6.45, 7) is 0. The number of hydrogen-bond acceptors (Lipinski definition) is 6. The van der Waals surface area contributed by atoms with E-state index in [4.69, 9.17) is 17.3 Å². The molecule has 9 heteroatoms. The van der Waals surface area contributed by atoms with Crippen molar-refractivity contribution >= 4 is 33.9 Å². The molecule has 0 amide bonds. The van der Waals surface area contributed by atoms with E-state index >= 15 is 0 Å². The Morgan fingerprint density at radius 2 is 1.88 bits per heavy atom. The molecule has 0 aliphatic heterocycles. The van der Waals surface area contributed by atoms with Crippen molar-refractivity contribution in [2.75, 3.05) is 21.1 Å². The van der Waals surface area contributed by atoms with Gasteiger partial charge in [-0.05, 0) is 50.0 Å². The van der Waals surface area contributed by atoms with Gasteiger partial charge in [0.05, 0.1) is 29.6 Å². The van der Waals surface area contributed by atoms with E-state index in [1.807, 2.05) is 32.3 Å². The minimum atomic E-state index is -0.416. The molecule has 0 fully saturated rings. The summed E-state index contributed by atoms with van der Waals surface area (Å²) >= 11 is 5.17. The number of pyridine rings is 1. The summed E-state index contributed by atoms with van der Waals surface area (Å²) in [5.74, 6) is 0.0575. The summed E-state index contributed by atoms with van der Waals surface area (Å²) in [5.41, 5.74) is 4.35. The molecule has 0 radical (unpaired) electrons. The lowest BCUT2D eigenvalue weighted by molar-refractivity contribution is 0.333. The number of imidazole rings is 1. The van der Waals surface area contributed by atoms with Crippen molar-refractivity contribution in [2.45, 2.75) is 6.04 Å². The predicted molar refractivity (Wildman–Crippen MR) is 134 cm³/mol. The van der Waals surface area contributed by atoms with Crippen molar-refractivity contribution in [3.63, 3.8) is 0 Å². The van der Waals surface area contributed by atoms with Gasteiger partial charge in [-0.1, -0.05) is 30.4 Å². The Kier molecular flexibility index (Phi) is 5.72. The van der Waals surface area contributed by atoms with E-state index in [1.165, 1.54) is 6.07 Å². The first kappa shape index (κ1) is 22.0. The molecule has 170 valence electrons. The number of fused-ring (bicyclic) bond motifs is 2. The topological polar surface area (TPSA) is 71.2 Å². The van der Waals surface area contributed by atoms with Crippen LogP contribution in [0.3, 0.4) is 0 Å². The molecule has 5 aromatic rings. The quantitative estimate of drug-likeness (QED) is 0.388. The van der Waals surface area contributed by atoms with Crippen LogP contribution in [0.25, 0.3) is 27.9 Å². The molecular weight excluding hydrogens is 449 g/mol. The molecule has 0 saturated heterocycles. The fraction of sp³-hybridized carbons (Fsp3) is 0.160. The Morgan fingerprint density at radius 3 is 2.65 bits per heavy atom. The monoisotopic (exact) mass is 471 g/mol. The van der Waals surface area contributed by atoms with Gasteiger partial charge in [0.25, 0.3) is 5.78 Å². The normalized spacial score (nSPS) is 12.4. The number of thiocarbonyl (C=S) groups is 1. The Bertz CT molecular complexity index is 1530. The van der Waals surface area contributed by atoms with Crippen LogP contribution in [-0.2, 0) is 0 Å². The predicted octanol–water partition coefficient (Wildman–Crippen LogP) is 4.02. The standard InChI is InChI=1S/C25H22FN7S/c1-27-24(34)18-8-6-16(12-19(18)26)21-13-29-25-30-14-22(33(25)31-21)23(32(2)3)17-7-9-20-15(11-17)5-4-10-28-20/h4-14,23H,1-3H3,(H,27,34). The molecule has 1 unspecified atom stereocenters. The molecule has 34 heavy (non-hydrogen) atoms. The molecule has 1 atom stereocenters. The molecule has 5 rings (SSSR count). The smallest absolute Gasteiger partial charge is 0.250 e. The number of halogens is 1. The average molecular weight is 472 g/mol. The van der Waals surface area contributed by atoms with E-state index in [2.05, 4.69) is 37.3 Å². The molecule has 7 nitrogen and oxygen atoms in total. The fourth-order valence-corrected chi connectivity index (χ4v) is 4.27. The summed E-state index contributed by atoms with van der Waals surface area (Å²) in [6.07, 6.45) is 5.17. The highest BCUT2D eigenvalue weighted by molar-refractivity contribution is 7.80. The van der Waals surface area contributed by atoms with Gasteiger partial charge in [-0.15, -0.1) is 0 Å². The molecule has 0 aliphatic rings. The highest BCUT2D eigenvalue weighted by Gasteiger charge is 2.23. The van der Waals surface area contributed by atoms with Gasteiger partial charge in [0.1, 0.15) is 16.5 Å². The maximum absolute atomic E-state index is 14.7. The van der Waals surface area contributed by atoms with Crippen molar-refractivity contribution in [1.82, 2.24) is 34.8 Å². The van der Waals surface area contributed by atoms with Crippen molar-refractivity contribution in [3.05, 3.63) is 89.8 Å². The summed E-state index contributed by atoms with van der Waals surface area (Å²) in [5, 5.41) is 8.63. The van der Waals surface area contributed by atoms with Crippen LogP contribution >= 0.6 is 12.2 Å². The first-order valence-electron chi connectivity index (χ1n) is 10.7. The molecule has 0 saturated carbocycles. The van der Waals surface area contributed by atoms with Crippen LogP contribution in [-0.4, -0.2) is 55.6 Å². The maximum Gasteiger partial charge on any atom is 0.250 e. The van der Waals surface area contributed by atoms with Gasteiger partial charge in [-0.2, -0.15) is 9.61 Å². The lowest BCUT2D eigenvalue weighted by Crippen LogP contribution is -2.23. The lowest BCUT2D eigenvalue weighted by Gasteiger charge is -2.24. The zero-order chi connectivity index (χ0) is 23.8. The van der Waals surface area contributed by atoms with Crippen molar-refractivity contribution in [3.8, 4) is 11.3 Å². The lowest BCUT2D eigenvalue weighted by atomic mass is 10.0. The Balaban J connectivity index is 1.60. The van der Waals surface area contributed by atoms with Crippen LogP contribution < -0.4 is 5.32 Å². The molecule has 3 heterocycles. The Labute approximate surface area is 201 Å². The second-order valence-corrected chi connectivity index (χ2v) is 8.54. The molecule has 0 aliphatic carbocycles. The van der Waals surface area contributed by atoms with Crippen molar-refractivity contribution in [1.29, 1.82) is 0 Å². The van der Waals surface area contributed by atoms with E-state index in [0.717, 1.165) is 22.2 Å². The first-order chi connectivity index (χ1) is 16.5. The van der Waals surface area contributed by atoms with Gasteiger partial charge in [0.15, 0.2) is 0 Å². The van der Waals surface area contributed by atoms with E-state index in [-0.39, 0.29) is 6.04 Å². The second kappa shape index (κ2) is 8.85. The molecule has 0 spiro atoms. The van der Waals surface area contributed by atoms with Crippen LogP contribution in [0, 0.1) is 5.82 Å². The van der Waals surface area contributed by atoms with Gasteiger partial charge in [0.2, 0.25) is 0 Å². The molecule has 1 N–H and O–H groups in total. The SMILES string of the molecule is CNC(=S)c1ccc(-c2cnc3ncc(C(c4ccc5ncccc5c4)N(C)C)n3n2)cc1F. The number of nitrogens with zero attached hydrogens (tertiary/aromatic N) is 6. The Hall–Kier alpha value is -3.82. The molecule has 2 aromatic carbocycles. The molecule has 3 aromatic heterocycles. The van der Waals surface area contributed by atoms with E-state index in [9.17, 15) is 4.39 Å². The summed E-state index contributed by atoms with van der Waals surface area (Å²) in [7, 11) is 5.68. The minimum absolute atomic E-state index is 0.128. The highest BCUT2D eigenvalue weighted by Crippen LogP contribution is 2.29. The number of hydrogen-bond donors (Lipinski definition) is 1. The van der Waals surface area contributed by atoms with Crippen LogP contribution in [0.1, 0.15) is 22.9 Å². The van der Waals surface area contributed by atoms with Crippen LogP contribution in [0.5, 0.6) is 0 Å². The van der Waals surface area contributed by atoms with Crippen molar-refractivity contribution < 1.29 is 4.39 Å². The van der Waals surface area contributed by atoms with E-state index < -0.39 is 5.82 Å². The second-order valence-electron chi connectivity index (χ2n) is 8.13. The van der Waals surface area contributed by atoms with Gasteiger partial charge >= 0.3 is 0 Å². The third-order valence-electron chi connectivity index (χ3n) is 5.73. The zero-order valence-corrected chi connectivity index (χ0v) is 19.7. The van der Waals surface area contributed by atoms with E-state index in [0.29, 0.717) is 27.6 Å². The third-order valence-corrected chi connectivity index (χ3v) is 6.16. The Morgan fingerprint density at radius 1 is 1.06 bits per heavy atom. The zero-order valence-electron chi connectivity index (χ0n) is 18.9. The number of benzene rings is 2. The van der Waals surface area contributed by atoms with E-state index in [1.54, 1.807) is 42.3 Å². The highest BCUT2D eigenvalue weighted by atomic mass is 32.1. The maximum atomic E-state index is 14.7. The number of aromatic nitrogens is 5. The minimum Gasteiger partial charge on any atom is -0.379 e. The summed E-state index contributed by atoms with van der Waals surface area (Å²) in [6, 6.07) is 14.9. The van der Waals surface area contributed by atoms with Gasteiger partial charge < -0.3 is 5.32 Å². The van der Waals surface area contributed by atoms with Crippen LogP contribution in [0.2, 0.25) is 0 Å². The van der Waals surface area contributed by atoms with Gasteiger partial charge in [0, 0.05) is 29.8 Å². The van der Waals surface area contributed by atoms with Gasteiger partial charge in [-0.3, -0.25) is 9.88 Å². The van der Waals surface area contributed by atoms with Crippen molar-refractivity contribution in [2.24, 2.45) is 0 Å².